The highest BCUT2D eigenvalue weighted by Gasteiger charge is 2.18. The highest BCUT2D eigenvalue weighted by Crippen LogP contribution is 2.32. The lowest BCUT2D eigenvalue weighted by atomic mass is 10.2. The summed E-state index contributed by atoms with van der Waals surface area (Å²) in [5.74, 6) is 0.455. The highest BCUT2D eigenvalue weighted by molar-refractivity contribution is 5.93. The molecule has 0 saturated carbocycles. The molecule has 0 aliphatic carbocycles. The predicted octanol–water partition coefficient (Wildman–Crippen LogP) is 2.83. The fourth-order valence-electron chi connectivity index (χ4n) is 1.42. The quantitative estimate of drug-likeness (QED) is 0.575. The van der Waals surface area contributed by atoms with E-state index < -0.39 is 5.97 Å². The van der Waals surface area contributed by atoms with Crippen LogP contribution in [0, 0.1) is 0 Å². The third kappa shape index (κ3) is 3.52. The minimum atomic E-state index is -0.455. The summed E-state index contributed by atoms with van der Waals surface area (Å²) in [6.07, 6.45) is 1.59. The largest absolute Gasteiger partial charge is 0.487 e. The third-order valence-electron chi connectivity index (χ3n) is 2.09. The lowest BCUT2D eigenvalue weighted by molar-refractivity contribution is 0.0595. The smallest absolute Gasteiger partial charge is 0.341 e. The highest BCUT2D eigenvalue weighted by atomic mass is 16.5. The summed E-state index contributed by atoms with van der Waals surface area (Å²) in [6, 6.07) is 5.12. The normalized spacial score (nSPS) is 10.0. The molecule has 4 nitrogen and oxygen atoms in total. The Morgan fingerprint density at radius 1 is 1.44 bits per heavy atom. The first-order chi connectivity index (χ1) is 8.60. The van der Waals surface area contributed by atoms with E-state index in [9.17, 15) is 4.79 Å². The summed E-state index contributed by atoms with van der Waals surface area (Å²) >= 11 is 0. The van der Waals surface area contributed by atoms with Gasteiger partial charge in [0.1, 0.15) is 12.2 Å². The number of rotatable bonds is 6. The standard InChI is InChI=1S/C14H18O4/c1-5-9-17-13-11(14(15)16-4)7-6-8-12(13)18-10(2)3/h5-8,10H,1,9H2,2-4H3. The second-order valence-electron chi connectivity index (χ2n) is 3.89. The van der Waals surface area contributed by atoms with Crippen molar-refractivity contribution in [1.29, 1.82) is 0 Å². The Labute approximate surface area is 107 Å². The predicted molar refractivity (Wildman–Crippen MR) is 69.2 cm³/mol. The zero-order chi connectivity index (χ0) is 13.5. The summed E-state index contributed by atoms with van der Waals surface area (Å²) in [5.41, 5.74) is 0.345. The number of carbonyl (C=O) groups excluding carboxylic acids is 1. The fourth-order valence-corrected chi connectivity index (χ4v) is 1.42. The first-order valence-electron chi connectivity index (χ1n) is 5.71. The monoisotopic (exact) mass is 250 g/mol. The van der Waals surface area contributed by atoms with Crippen molar-refractivity contribution in [2.75, 3.05) is 13.7 Å². The van der Waals surface area contributed by atoms with Crippen molar-refractivity contribution in [2.45, 2.75) is 20.0 Å². The van der Waals surface area contributed by atoms with Gasteiger partial charge in [-0.25, -0.2) is 4.79 Å². The van der Waals surface area contributed by atoms with Gasteiger partial charge in [0.15, 0.2) is 11.5 Å². The van der Waals surface area contributed by atoms with Gasteiger partial charge in [-0.3, -0.25) is 0 Å². The summed E-state index contributed by atoms with van der Waals surface area (Å²) in [6.45, 7) is 7.68. The van der Waals surface area contributed by atoms with Gasteiger partial charge < -0.3 is 14.2 Å². The molecule has 0 aromatic heterocycles. The lowest BCUT2D eigenvalue weighted by Crippen LogP contribution is -2.11. The fraction of sp³-hybridized carbons (Fsp3) is 0.357. The zero-order valence-electron chi connectivity index (χ0n) is 10.9. The Morgan fingerprint density at radius 2 is 2.17 bits per heavy atom. The van der Waals surface area contributed by atoms with Crippen molar-refractivity contribution < 1.29 is 19.0 Å². The zero-order valence-corrected chi connectivity index (χ0v) is 10.9. The SMILES string of the molecule is C=CCOc1c(OC(C)C)cccc1C(=O)OC. The van der Waals surface area contributed by atoms with Gasteiger partial charge in [-0.2, -0.15) is 0 Å². The summed E-state index contributed by atoms with van der Waals surface area (Å²) in [5, 5.41) is 0. The Bertz CT molecular complexity index is 424. The number of hydrogen-bond acceptors (Lipinski definition) is 4. The second kappa shape index (κ2) is 6.69. The molecular formula is C14H18O4. The first-order valence-corrected chi connectivity index (χ1v) is 5.71. The maximum Gasteiger partial charge on any atom is 0.341 e. The average Bonchev–Trinajstić information content (AvgIpc) is 2.35. The van der Waals surface area contributed by atoms with E-state index in [4.69, 9.17) is 14.2 Å². The third-order valence-corrected chi connectivity index (χ3v) is 2.09. The first kappa shape index (κ1) is 14.1. The molecule has 98 valence electrons. The minimum absolute atomic E-state index is 0.0102. The van der Waals surface area contributed by atoms with Crippen LogP contribution in [0.3, 0.4) is 0 Å². The van der Waals surface area contributed by atoms with E-state index in [-0.39, 0.29) is 6.10 Å². The number of hydrogen-bond donors (Lipinski definition) is 0. The molecule has 0 atom stereocenters. The topological polar surface area (TPSA) is 44.8 Å². The Morgan fingerprint density at radius 3 is 2.72 bits per heavy atom. The van der Waals surface area contributed by atoms with Crippen LogP contribution in [0.2, 0.25) is 0 Å². The van der Waals surface area contributed by atoms with Gasteiger partial charge in [0, 0.05) is 0 Å². The molecule has 4 heteroatoms. The number of methoxy groups -OCH3 is 1. The molecule has 0 saturated heterocycles. The van der Waals surface area contributed by atoms with E-state index in [0.717, 1.165) is 0 Å². The van der Waals surface area contributed by atoms with Crippen LogP contribution < -0.4 is 9.47 Å². The number of para-hydroxylation sites is 1. The molecule has 0 amide bonds. The molecule has 1 aromatic carbocycles. The van der Waals surface area contributed by atoms with E-state index in [2.05, 4.69) is 6.58 Å². The van der Waals surface area contributed by atoms with Crippen molar-refractivity contribution in [3.05, 3.63) is 36.4 Å². The van der Waals surface area contributed by atoms with Crippen LogP contribution in [0.1, 0.15) is 24.2 Å². The minimum Gasteiger partial charge on any atom is -0.487 e. The van der Waals surface area contributed by atoms with E-state index in [1.807, 2.05) is 13.8 Å². The molecule has 18 heavy (non-hydrogen) atoms. The summed E-state index contributed by atoms with van der Waals surface area (Å²) in [7, 11) is 1.33. The second-order valence-corrected chi connectivity index (χ2v) is 3.89. The number of carbonyl (C=O) groups is 1. The van der Waals surface area contributed by atoms with Crippen molar-refractivity contribution >= 4 is 5.97 Å². The van der Waals surface area contributed by atoms with Gasteiger partial charge in [-0.05, 0) is 26.0 Å². The van der Waals surface area contributed by atoms with Gasteiger partial charge in [0.05, 0.1) is 13.2 Å². The van der Waals surface area contributed by atoms with E-state index in [1.165, 1.54) is 7.11 Å². The summed E-state index contributed by atoms with van der Waals surface area (Å²) < 4.78 is 15.8. The number of ether oxygens (including phenoxy) is 3. The van der Waals surface area contributed by atoms with Gasteiger partial charge in [0.25, 0.3) is 0 Å². The molecular weight excluding hydrogens is 232 g/mol. The summed E-state index contributed by atoms with van der Waals surface area (Å²) in [4.78, 5) is 11.7. The molecule has 1 rings (SSSR count). The molecule has 0 fully saturated rings. The maximum atomic E-state index is 11.7. The van der Waals surface area contributed by atoms with Crippen LogP contribution in [-0.2, 0) is 4.74 Å². The van der Waals surface area contributed by atoms with E-state index in [0.29, 0.717) is 23.7 Å². The Kier molecular flexibility index (Phi) is 5.24. The van der Waals surface area contributed by atoms with Gasteiger partial charge in [0.2, 0.25) is 0 Å². The van der Waals surface area contributed by atoms with Crippen LogP contribution in [0.5, 0.6) is 11.5 Å². The molecule has 0 N–H and O–H groups in total. The van der Waals surface area contributed by atoms with Crippen molar-refractivity contribution in [1.82, 2.24) is 0 Å². The van der Waals surface area contributed by atoms with Crippen LogP contribution in [0.4, 0.5) is 0 Å². The van der Waals surface area contributed by atoms with Crippen molar-refractivity contribution in [3.63, 3.8) is 0 Å². The number of benzene rings is 1. The van der Waals surface area contributed by atoms with Crippen LogP contribution >= 0.6 is 0 Å². The lowest BCUT2D eigenvalue weighted by Gasteiger charge is -2.16. The maximum absolute atomic E-state index is 11.7. The van der Waals surface area contributed by atoms with Crippen molar-refractivity contribution in [3.8, 4) is 11.5 Å². The van der Waals surface area contributed by atoms with Crippen LogP contribution in [-0.4, -0.2) is 25.8 Å². The van der Waals surface area contributed by atoms with Crippen molar-refractivity contribution in [2.24, 2.45) is 0 Å². The van der Waals surface area contributed by atoms with E-state index >= 15 is 0 Å². The average molecular weight is 250 g/mol. The molecule has 1 aromatic rings. The van der Waals surface area contributed by atoms with Gasteiger partial charge in [-0.15, -0.1) is 0 Å². The van der Waals surface area contributed by atoms with E-state index in [1.54, 1.807) is 24.3 Å². The number of esters is 1. The molecule has 0 unspecified atom stereocenters. The van der Waals surface area contributed by atoms with Crippen LogP contribution in [0.15, 0.2) is 30.9 Å². The molecule has 0 spiro atoms. The molecule has 0 heterocycles. The Balaban J connectivity index is 3.15. The molecule has 0 aliphatic rings. The van der Waals surface area contributed by atoms with Crippen LogP contribution in [0.25, 0.3) is 0 Å². The Hall–Kier alpha value is -1.97. The van der Waals surface area contributed by atoms with Gasteiger partial charge >= 0.3 is 5.97 Å². The molecule has 0 bridgehead atoms. The van der Waals surface area contributed by atoms with Gasteiger partial charge in [-0.1, -0.05) is 18.7 Å². The molecule has 0 aliphatic heterocycles. The molecule has 0 radical (unpaired) electrons.